The van der Waals surface area contributed by atoms with Gasteiger partial charge >= 0.3 is 0 Å². The van der Waals surface area contributed by atoms with Crippen LogP contribution < -0.4 is 5.73 Å². The molecule has 0 aromatic carbocycles. The van der Waals surface area contributed by atoms with Gasteiger partial charge in [0.05, 0.1) is 16.7 Å². The first-order chi connectivity index (χ1) is 7.08. The van der Waals surface area contributed by atoms with Crippen LogP contribution in [0.15, 0.2) is 10.7 Å². The van der Waals surface area contributed by atoms with E-state index in [2.05, 4.69) is 34.9 Å². The monoisotopic (exact) mass is 271 g/mol. The Labute approximate surface area is 99.2 Å². The van der Waals surface area contributed by atoms with Crippen LogP contribution in [0.3, 0.4) is 0 Å². The van der Waals surface area contributed by atoms with E-state index < -0.39 is 0 Å². The van der Waals surface area contributed by atoms with Crippen molar-refractivity contribution in [1.29, 1.82) is 0 Å². The molecule has 2 unspecified atom stereocenters. The fourth-order valence-electron chi connectivity index (χ4n) is 2.75. The van der Waals surface area contributed by atoms with Crippen molar-refractivity contribution in [1.82, 2.24) is 9.78 Å². The second kappa shape index (κ2) is 4.16. The summed E-state index contributed by atoms with van der Waals surface area (Å²) in [5.74, 6) is 2.32. The lowest BCUT2D eigenvalue weighted by Crippen LogP contribution is -2.24. The summed E-state index contributed by atoms with van der Waals surface area (Å²) in [5, 5.41) is 4.35. The number of nitrogens with two attached hydrogens (primary N) is 1. The minimum absolute atomic E-state index is 0.482. The Bertz CT molecular complexity index is 338. The third kappa shape index (κ3) is 2.19. The van der Waals surface area contributed by atoms with E-state index in [1.807, 2.05) is 4.68 Å². The van der Waals surface area contributed by atoms with Crippen molar-refractivity contribution in [3.05, 3.63) is 10.7 Å². The summed E-state index contributed by atoms with van der Waals surface area (Å²) in [6.45, 7) is 4.63. The van der Waals surface area contributed by atoms with E-state index in [-0.39, 0.29) is 0 Å². The zero-order valence-electron chi connectivity index (χ0n) is 9.28. The Hall–Kier alpha value is -0.510. The van der Waals surface area contributed by atoms with Crippen molar-refractivity contribution in [3.63, 3.8) is 0 Å². The minimum atomic E-state index is 0.482. The first-order valence-corrected chi connectivity index (χ1v) is 6.35. The third-order valence-corrected chi connectivity index (χ3v) is 3.90. The quantitative estimate of drug-likeness (QED) is 0.853. The van der Waals surface area contributed by atoms with Crippen LogP contribution in [0.2, 0.25) is 0 Å². The van der Waals surface area contributed by atoms with Gasteiger partial charge in [0, 0.05) is 0 Å². The van der Waals surface area contributed by atoms with Crippen LogP contribution in [0.4, 0.5) is 5.82 Å². The molecule has 0 aliphatic heterocycles. The summed E-state index contributed by atoms with van der Waals surface area (Å²) < 4.78 is 2.89. The number of rotatable bonds is 1. The average molecular weight is 272 g/mol. The van der Waals surface area contributed by atoms with E-state index in [0.29, 0.717) is 6.04 Å². The number of nitrogen functional groups attached to an aromatic ring is 1. The van der Waals surface area contributed by atoms with Crippen molar-refractivity contribution < 1.29 is 0 Å². The fourth-order valence-corrected chi connectivity index (χ4v) is 3.02. The van der Waals surface area contributed by atoms with Gasteiger partial charge < -0.3 is 5.73 Å². The molecule has 1 aliphatic carbocycles. The number of halogens is 1. The maximum absolute atomic E-state index is 5.98. The van der Waals surface area contributed by atoms with Crippen LogP contribution >= 0.6 is 15.9 Å². The molecule has 2 N–H and O–H groups in total. The van der Waals surface area contributed by atoms with Gasteiger partial charge in [0.25, 0.3) is 0 Å². The summed E-state index contributed by atoms with van der Waals surface area (Å²) in [6.07, 6.45) is 5.52. The first-order valence-electron chi connectivity index (χ1n) is 5.56. The molecule has 1 heterocycles. The predicted octanol–water partition coefficient (Wildman–Crippen LogP) is 3.23. The molecule has 0 bridgehead atoms. The molecule has 0 spiro atoms. The SMILES string of the molecule is CC1CC(C)CC(n2ncc(Br)c2N)C1. The van der Waals surface area contributed by atoms with Gasteiger partial charge in [0.1, 0.15) is 5.82 Å². The van der Waals surface area contributed by atoms with Gasteiger partial charge in [-0.3, -0.25) is 0 Å². The van der Waals surface area contributed by atoms with Gasteiger partial charge in [-0.05, 0) is 47.0 Å². The Balaban J connectivity index is 2.20. The standard InChI is InChI=1S/C11H18BrN3/c1-7-3-8(2)5-9(4-7)15-11(13)10(12)6-14-15/h6-9H,3-5,13H2,1-2H3. The van der Waals surface area contributed by atoms with Gasteiger partial charge in [-0.15, -0.1) is 0 Å². The lowest BCUT2D eigenvalue weighted by atomic mass is 9.80. The van der Waals surface area contributed by atoms with E-state index in [4.69, 9.17) is 5.73 Å². The lowest BCUT2D eigenvalue weighted by Gasteiger charge is -2.32. The molecule has 0 radical (unpaired) electrons. The van der Waals surface area contributed by atoms with Crippen molar-refractivity contribution in [3.8, 4) is 0 Å². The van der Waals surface area contributed by atoms with E-state index in [1.165, 1.54) is 19.3 Å². The maximum atomic E-state index is 5.98. The topological polar surface area (TPSA) is 43.8 Å². The number of hydrogen-bond donors (Lipinski definition) is 1. The lowest BCUT2D eigenvalue weighted by molar-refractivity contribution is 0.212. The molecule has 1 fully saturated rings. The minimum Gasteiger partial charge on any atom is -0.383 e. The highest BCUT2D eigenvalue weighted by Gasteiger charge is 2.26. The van der Waals surface area contributed by atoms with Crippen molar-refractivity contribution in [2.45, 2.75) is 39.2 Å². The Kier molecular flexibility index (Phi) is 3.05. The molecule has 1 aliphatic rings. The van der Waals surface area contributed by atoms with Gasteiger partial charge in [0.2, 0.25) is 0 Å². The number of nitrogens with zero attached hydrogens (tertiary/aromatic N) is 2. The van der Waals surface area contributed by atoms with Crippen molar-refractivity contribution in [2.75, 3.05) is 5.73 Å². The smallest absolute Gasteiger partial charge is 0.136 e. The second-order valence-electron chi connectivity index (χ2n) is 4.89. The van der Waals surface area contributed by atoms with Crippen LogP contribution in [0, 0.1) is 11.8 Å². The maximum Gasteiger partial charge on any atom is 0.136 e. The molecule has 4 heteroatoms. The zero-order chi connectivity index (χ0) is 11.0. The molecular weight excluding hydrogens is 254 g/mol. The Morgan fingerprint density at radius 1 is 1.33 bits per heavy atom. The van der Waals surface area contributed by atoms with Crippen LogP contribution in [0.1, 0.15) is 39.2 Å². The number of anilines is 1. The van der Waals surface area contributed by atoms with E-state index in [1.54, 1.807) is 6.20 Å². The summed E-state index contributed by atoms with van der Waals surface area (Å²) in [5.41, 5.74) is 5.98. The second-order valence-corrected chi connectivity index (χ2v) is 5.75. The number of aromatic nitrogens is 2. The summed E-state index contributed by atoms with van der Waals surface area (Å²) in [4.78, 5) is 0. The molecule has 84 valence electrons. The summed E-state index contributed by atoms with van der Waals surface area (Å²) in [6, 6.07) is 0.482. The molecule has 0 saturated heterocycles. The van der Waals surface area contributed by atoms with E-state index in [0.717, 1.165) is 22.1 Å². The molecule has 1 aromatic rings. The predicted molar refractivity (Wildman–Crippen MR) is 65.6 cm³/mol. The van der Waals surface area contributed by atoms with Crippen molar-refractivity contribution >= 4 is 21.7 Å². The van der Waals surface area contributed by atoms with Crippen LogP contribution in [-0.4, -0.2) is 9.78 Å². The molecule has 15 heavy (non-hydrogen) atoms. The van der Waals surface area contributed by atoms with E-state index >= 15 is 0 Å². The summed E-state index contributed by atoms with van der Waals surface area (Å²) in [7, 11) is 0. The third-order valence-electron chi connectivity index (χ3n) is 3.29. The van der Waals surface area contributed by atoms with Gasteiger partial charge in [-0.2, -0.15) is 5.10 Å². The molecule has 3 nitrogen and oxygen atoms in total. The van der Waals surface area contributed by atoms with E-state index in [9.17, 15) is 0 Å². The molecule has 0 amide bonds. The fraction of sp³-hybridized carbons (Fsp3) is 0.727. The zero-order valence-corrected chi connectivity index (χ0v) is 10.9. The Morgan fingerprint density at radius 3 is 2.40 bits per heavy atom. The highest BCUT2D eigenvalue weighted by molar-refractivity contribution is 9.10. The van der Waals surface area contributed by atoms with Gasteiger partial charge in [0.15, 0.2) is 0 Å². The van der Waals surface area contributed by atoms with Gasteiger partial charge in [-0.1, -0.05) is 13.8 Å². The molecule has 2 rings (SSSR count). The van der Waals surface area contributed by atoms with Crippen LogP contribution in [-0.2, 0) is 0 Å². The first kappa shape index (κ1) is 11.0. The van der Waals surface area contributed by atoms with Crippen LogP contribution in [0.5, 0.6) is 0 Å². The van der Waals surface area contributed by atoms with Gasteiger partial charge in [-0.25, -0.2) is 4.68 Å². The highest BCUT2D eigenvalue weighted by Crippen LogP contribution is 2.37. The highest BCUT2D eigenvalue weighted by atomic mass is 79.9. The van der Waals surface area contributed by atoms with Crippen LogP contribution in [0.25, 0.3) is 0 Å². The Morgan fingerprint density at radius 2 is 1.93 bits per heavy atom. The molecule has 1 saturated carbocycles. The summed E-state index contributed by atoms with van der Waals surface area (Å²) >= 11 is 3.40. The normalized spacial score (nSPS) is 31.8. The van der Waals surface area contributed by atoms with Crippen molar-refractivity contribution in [2.24, 2.45) is 11.8 Å². The average Bonchev–Trinajstić information content (AvgIpc) is 2.46. The largest absolute Gasteiger partial charge is 0.383 e. The molecule has 2 atom stereocenters. The number of hydrogen-bond acceptors (Lipinski definition) is 2. The molecule has 1 aromatic heterocycles. The molecular formula is C11H18BrN3.